The molecule has 0 fully saturated rings. The molecule has 2 atom stereocenters. The Bertz CT molecular complexity index is 606. The second-order valence-electron chi connectivity index (χ2n) is 5.09. The Balaban J connectivity index is 1.80. The van der Waals surface area contributed by atoms with Crippen molar-refractivity contribution in [1.82, 2.24) is 9.78 Å². The van der Waals surface area contributed by atoms with Gasteiger partial charge in [0.1, 0.15) is 0 Å². The molecule has 1 aliphatic rings. The molecule has 0 saturated heterocycles. The number of thioether (sulfide) groups is 1. The first kappa shape index (κ1) is 15.1. The molecule has 1 aliphatic heterocycles. The largest absolute Gasteiger partial charge is 0.383 e. The third kappa shape index (κ3) is 3.04. The maximum atomic E-state index is 6.55. The van der Waals surface area contributed by atoms with E-state index in [1.54, 1.807) is 7.11 Å². The lowest BCUT2D eigenvalue weighted by Gasteiger charge is -2.20. The molecule has 0 radical (unpaired) electrons. The van der Waals surface area contributed by atoms with Crippen molar-refractivity contribution >= 4 is 27.7 Å². The van der Waals surface area contributed by atoms with Crippen LogP contribution in [0.4, 0.5) is 0 Å². The van der Waals surface area contributed by atoms with E-state index in [2.05, 4.69) is 45.3 Å². The Morgan fingerprint density at radius 1 is 1.52 bits per heavy atom. The Hall–Kier alpha value is -0.820. The lowest BCUT2D eigenvalue weighted by Crippen LogP contribution is -2.27. The normalized spacial score (nSPS) is 18.7. The summed E-state index contributed by atoms with van der Waals surface area (Å²) in [5, 5.41) is 4.74. The Labute approximate surface area is 137 Å². The van der Waals surface area contributed by atoms with Gasteiger partial charge in [-0.05, 0) is 34.0 Å². The van der Waals surface area contributed by atoms with E-state index in [1.807, 2.05) is 22.6 Å². The summed E-state index contributed by atoms with van der Waals surface area (Å²) in [7, 11) is 1.70. The van der Waals surface area contributed by atoms with Crippen molar-refractivity contribution in [2.45, 2.75) is 29.2 Å². The zero-order valence-electron chi connectivity index (χ0n) is 11.8. The minimum Gasteiger partial charge on any atom is -0.383 e. The molecule has 112 valence electrons. The number of fused-ring (bicyclic) bond motifs is 1. The van der Waals surface area contributed by atoms with E-state index in [4.69, 9.17) is 10.5 Å². The highest BCUT2D eigenvalue weighted by Crippen LogP contribution is 2.42. The van der Waals surface area contributed by atoms with E-state index in [0.29, 0.717) is 11.9 Å². The fourth-order valence-electron chi connectivity index (χ4n) is 2.64. The van der Waals surface area contributed by atoms with Crippen molar-refractivity contribution in [1.29, 1.82) is 0 Å². The number of hydrogen-bond donors (Lipinski definition) is 1. The van der Waals surface area contributed by atoms with Crippen molar-refractivity contribution in [3.05, 3.63) is 46.2 Å². The molecule has 6 heteroatoms. The number of hydrogen-bond acceptors (Lipinski definition) is 4. The molecule has 0 bridgehead atoms. The van der Waals surface area contributed by atoms with Crippen LogP contribution in [0.5, 0.6) is 0 Å². The molecule has 0 aliphatic carbocycles. The van der Waals surface area contributed by atoms with E-state index in [9.17, 15) is 0 Å². The molecule has 3 rings (SSSR count). The number of benzene rings is 1. The quantitative estimate of drug-likeness (QED) is 0.882. The van der Waals surface area contributed by atoms with Gasteiger partial charge in [0.2, 0.25) is 0 Å². The Morgan fingerprint density at radius 3 is 3.10 bits per heavy atom. The minimum absolute atomic E-state index is 0.0591. The van der Waals surface area contributed by atoms with Crippen LogP contribution in [0, 0.1) is 0 Å². The molecule has 0 spiro atoms. The lowest BCUT2D eigenvalue weighted by atomic mass is 10.0. The van der Waals surface area contributed by atoms with Crippen LogP contribution < -0.4 is 5.73 Å². The van der Waals surface area contributed by atoms with E-state index < -0.39 is 0 Å². The van der Waals surface area contributed by atoms with Gasteiger partial charge in [-0.3, -0.25) is 4.68 Å². The minimum atomic E-state index is -0.0591. The Morgan fingerprint density at radius 2 is 2.33 bits per heavy atom. The molecule has 0 saturated carbocycles. The molecule has 2 aromatic rings. The number of methoxy groups -OCH3 is 1. The molecule has 4 nitrogen and oxygen atoms in total. The molecular weight excluding hydrogens is 350 g/mol. The summed E-state index contributed by atoms with van der Waals surface area (Å²) < 4.78 is 8.06. The van der Waals surface area contributed by atoms with Gasteiger partial charge < -0.3 is 10.5 Å². The van der Waals surface area contributed by atoms with Crippen LogP contribution in [0.15, 0.2) is 39.8 Å². The number of nitrogens with zero attached hydrogens (tertiary/aromatic N) is 2. The third-order valence-corrected chi connectivity index (χ3v) is 5.75. The first-order valence-electron chi connectivity index (χ1n) is 6.91. The third-order valence-electron chi connectivity index (χ3n) is 3.73. The standard InChI is InChI=1S/C15H18BrN3OS/c1-20-7-6-19-15(11(16)9-18-19)14(17)13-8-10-4-2-3-5-12(10)21-13/h2-5,9,13-14H,6-8,17H2,1H3. The van der Waals surface area contributed by atoms with Crippen LogP contribution in [-0.4, -0.2) is 28.7 Å². The first-order valence-corrected chi connectivity index (χ1v) is 8.58. The van der Waals surface area contributed by atoms with Gasteiger partial charge in [-0.15, -0.1) is 11.8 Å². The molecule has 2 heterocycles. The average Bonchev–Trinajstić information content (AvgIpc) is 3.08. The monoisotopic (exact) mass is 367 g/mol. The van der Waals surface area contributed by atoms with Gasteiger partial charge in [-0.2, -0.15) is 5.10 Å². The molecule has 21 heavy (non-hydrogen) atoms. The highest BCUT2D eigenvalue weighted by Gasteiger charge is 2.31. The number of halogens is 1. The maximum Gasteiger partial charge on any atom is 0.0706 e. The van der Waals surface area contributed by atoms with E-state index in [0.717, 1.165) is 23.1 Å². The van der Waals surface area contributed by atoms with Crippen LogP contribution in [0.3, 0.4) is 0 Å². The molecule has 2 N–H and O–H groups in total. The topological polar surface area (TPSA) is 53.1 Å². The summed E-state index contributed by atoms with van der Waals surface area (Å²) in [4.78, 5) is 1.34. The second-order valence-corrected chi connectivity index (χ2v) is 7.22. The summed E-state index contributed by atoms with van der Waals surface area (Å²) in [6.07, 6.45) is 2.82. The van der Waals surface area contributed by atoms with Crippen molar-refractivity contribution < 1.29 is 4.74 Å². The summed E-state index contributed by atoms with van der Waals surface area (Å²) in [5.74, 6) is 0. The fraction of sp³-hybridized carbons (Fsp3) is 0.400. The van der Waals surface area contributed by atoms with Gasteiger partial charge >= 0.3 is 0 Å². The molecular formula is C15H18BrN3OS. The van der Waals surface area contributed by atoms with Crippen molar-refractivity contribution in [2.24, 2.45) is 5.73 Å². The van der Waals surface area contributed by atoms with E-state index in [1.165, 1.54) is 10.5 Å². The van der Waals surface area contributed by atoms with Crippen LogP contribution in [0.25, 0.3) is 0 Å². The molecule has 1 aromatic carbocycles. The van der Waals surface area contributed by atoms with Crippen LogP contribution >= 0.6 is 27.7 Å². The summed E-state index contributed by atoms with van der Waals surface area (Å²) in [6.45, 7) is 1.35. The smallest absolute Gasteiger partial charge is 0.0706 e. The van der Waals surface area contributed by atoms with Crippen LogP contribution in [0.1, 0.15) is 17.3 Å². The molecule has 2 unspecified atom stereocenters. The van der Waals surface area contributed by atoms with Crippen LogP contribution in [0.2, 0.25) is 0 Å². The predicted molar refractivity (Wildman–Crippen MR) is 88.5 cm³/mol. The summed E-state index contributed by atoms with van der Waals surface area (Å²) >= 11 is 5.44. The average molecular weight is 368 g/mol. The van der Waals surface area contributed by atoms with Crippen LogP contribution in [-0.2, 0) is 17.7 Å². The molecule has 1 aromatic heterocycles. The van der Waals surface area contributed by atoms with Gasteiger partial charge in [0, 0.05) is 17.3 Å². The maximum absolute atomic E-state index is 6.55. The van der Waals surface area contributed by atoms with Gasteiger partial charge in [-0.25, -0.2) is 0 Å². The van der Waals surface area contributed by atoms with Crippen molar-refractivity contribution in [3.8, 4) is 0 Å². The fourth-order valence-corrected chi connectivity index (χ4v) is 4.53. The molecule has 0 amide bonds. The number of nitrogens with two attached hydrogens (primary N) is 1. The lowest BCUT2D eigenvalue weighted by molar-refractivity contribution is 0.182. The number of rotatable bonds is 5. The second kappa shape index (κ2) is 6.52. The van der Waals surface area contributed by atoms with Crippen molar-refractivity contribution in [3.63, 3.8) is 0 Å². The summed E-state index contributed by atoms with van der Waals surface area (Å²) in [5.41, 5.74) is 8.99. The van der Waals surface area contributed by atoms with Gasteiger partial charge in [0.05, 0.1) is 35.6 Å². The zero-order valence-corrected chi connectivity index (χ0v) is 14.2. The Kier molecular flexibility index (Phi) is 4.69. The highest BCUT2D eigenvalue weighted by molar-refractivity contribution is 9.10. The zero-order chi connectivity index (χ0) is 14.8. The van der Waals surface area contributed by atoms with Gasteiger partial charge in [0.15, 0.2) is 0 Å². The van der Waals surface area contributed by atoms with E-state index in [-0.39, 0.29) is 6.04 Å². The summed E-state index contributed by atoms with van der Waals surface area (Å²) in [6, 6.07) is 8.47. The van der Waals surface area contributed by atoms with Gasteiger partial charge in [0.25, 0.3) is 0 Å². The first-order chi connectivity index (χ1) is 10.2. The van der Waals surface area contributed by atoms with Gasteiger partial charge in [-0.1, -0.05) is 18.2 Å². The van der Waals surface area contributed by atoms with E-state index >= 15 is 0 Å². The number of ether oxygens (including phenoxy) is 1. The SMILES string of the molecule is COCCn1ncc(Br)c1C(N)C1Cc2ccccc2S1. The number of aromatic nitrogens is 2. The highest BCUT2D eigenvalue weighted by atomic mass is 79.9. The predicted octanol–water partition coefficient (Wildman–Crippen LogP) is 3.01. The van der Waals surface area contributed by atoms with Crippen molar-refractivity contribution in [2.75, 3.05) is 13.7 Å².